The summed E-state index contributed by atoms with van der Waals surface area (Å²) in [5, 5.41) is 2.93. The van der Waals surface area contributed by atoms with Crippen molar-refractivity contribution in [3.63, 3.8) is 0 Å². The first-order chi connectivity index (χ1) is 15.4. The number of likely N-dealkylation sites (tertiary alicyclic amines) is 1. The maximum absolute atomic E-state index is 13.1. The molecule has 2 aromatic rings. The summed E-state index contributed by atoms with van der Waals surface area (Å²) in [4.78, 5) is 40.8. The number of imide groups is 1. The SMILES string of the molecule is CC1CCCC[NH+]1CCCNC(=O)c1ccc2c(c1)C(=O)N(Cc1ccc(F)cc1)C2=O.[Cl-]. The van der Waals surface area contributed by atoms with Gasteiger partial charge in [-0.1, -0.05) is 12.1 Å². The number of carbonyl (C=O) groups is 3. The van der Waals surface area contributed by atoms with Gasteiger partial charge < -0.3 is 22.6 Å². The molecular weight excluding hydrogens is 445 g/mol. The Labute approximate surface area is 199 Å². The molecule has 2 aromatic carbocycles. The van der Waals surface area contributed by atoms with E-state index < -0.39 is 11.8 Å². The molecule has 2 N–H and O–H groups in total. The Morgan fingerprint density at radius 3 is 2.55 bits per heavy atom. The van der Waals surface area contributed by atoms with Crippen molar-refractivity contribution in [2.75, 3.05) is 19.6 Å². The average Bonchev–Trinajstić information content (AvgIpc) is 3.03. The first-order valence-corrected chi connectivity index (χ1v) is 11.3. The third kappa shape index (κ3) is 5.60. The van der Waals surface area contributed by atoms with E-state index in [0.717, 1.165) is 17.9 Å². The van der Waals surface area contributed by atoms with Crippen LogP contribution < -0.4 is 22.6 Å². The summed E-state index contributed by atoms with van der Waals surface area (Å²) in [5.74, 6) is -1.46. The highest BCUT2D eigenvalue weighted by Crippen LogP contribution is 2.25. The van der Waals surface area contributed by atoms with Crippen molar-refractivity contribution >= 4 is 17.7 Å². The first-order valence-electron chi connectivity index (χ1n) is 11.3. The Hall–Kier alpha value is -2.77. The summed E-state index contributed by atoms with van der Waals surface area (Å²) in [6.45, 7) is 5.16. The van der Waals surface area contributed by atoms with Gasteiger partial charge >= 0.3 is 0 Å². The van der Waals surface area contributed by atoms with Crippen LogP contribution in [0.4, 0.5) is 4.39 Å². The Kier molecular flexibility index (Phi) is 8.21. The van der Waals surface area contributed by atoms with Crippen molar-refractivity contribution in [3.8, 4) is 0 Å². The molecule has 0 saturated carbocycles. The molecular formula is C25H29ClFN3O3. The lowest BCUT2D eigenvalue weighted by Crippen LogP contribution is -3.16. The van der Waals surface area contributed by atoms with E-state index in [4.69, 9.17) is 0 Å². The largest absolute Gasteiger partial charge is 1.00 e. The van der Waals surface area contributed by atoms with Crippen LogP contribution >= 0.6 is 0 Å². The van der Waals surface area contributed by atoms with Crippen LogP contribution in [0.3, 0.4) is 0 Å². The Morgan fingerprint density at radius 1 is 1.09 bits per heavy atom. The molecule has 0 aliphatic carbocycles. The van der Waals surface area contributed by atoms with Crippen LogP contribution in [0.25, 0.3) is 0 Å². The number of carbonyl (C=O) groups excluding carboxylic acids is 3. The molecule has 6 nitrogen and oxygen atoms in total. The lowest BCUT2D eigenvalue weighted by Gasteiger charge is -2.30. The zero-order chi connectivity index (χ0) is 22.7. The number of quaternary nitrogens is 1. The maximum atomic E-state index is 13.1. The minimum atomic E-state index is -0.438. The van der Waals surface area contributed by atoms with Crippen molar-refractivity contribution in [2.24, 2.45) is 0 Å². The summed E-state index contributed by atoms with van der Waals surface area (Å²) in [7, 11) is 0. The third-order valence-corrected chi connectivity index (χ3v) is 6.53. The van der Waals surface area contributed by atoms with Crippen molar-refractivity contribution in [2.45, 2.75) is 45.2 Å². The van der Waals surface area contributed by atoms with E-state index in [2.05, 4.69) is 12.2 Å². The zero-order valence-corrected chi connectivity index (χ0v) is 19.5. The molecule has 2 aliphatic heterocycles. The highest BCUT2D eigenvalue weighted by atomic mass is 35.5. The number of nitrogens with one attached hydrogen (secondary N) is 2. The molecule has 0 bridgehead atoms. The summed E-state index contributed by atoms with van der Waals surface area (Å²) >= 11 is 0. The molecule has 3 amide bonds. The number of piperidine rings is 1. The number of amides is 3. The standard InChI is InChI=1S/C25H28FN3O3.ClH/c1-17-5-2-3-13-28(17)14-4-12-27-23(30)19-8-11-21-22(15-19)25(32)29(24(21)31)16-18-6-9-20(26)10-7-18;/h6-11,15,17H,2-5,12-14,16H2,1H3,(H,27,30);1H. The van der Waals surface area contributed by atoms with E-state index in [9.17, 15) is 18.8 Å². The molecule has 1 saturated heterocycles. The molecule has 0 spiro atoms. The molecule has 1 fully saturated rings. The van der Waals surface area contributed by atoms with Crippen molar-refractivity contribution < 1.29 is 36.1 Å². The third-order valence-electron chi connectivity index (χ3n) is 6.53. The minimum Gasteiger partial charge on any atom is -1.00 e. The fourth-order valence-corrected chi connectivity index (χ4v) is 4.59. The average molecular weight is 474 g/mol. The Balaban J connectivity index is 0.00000306. The highest BCUT2D eigenvalue weighted by molar-refractivity contribution is 6.22. The lowest BCUT2D eigenvalue weighted by molar-refractivity contribution is -0.928. The van der Waals surface area contributed by atoms with Gasteiger partial charge in [-0.25, -0.2) is 4.39 Å². The van der Waals surface area contributed by atoms with Gasteiger partial charge in [0, 0.05) is 18.5 Å². The van der Waals surface area contributed by atoms with Crippen LogP contribution in [0.2, 0.25) is 0 Å². The molecule has 4 rings (SSSR count). The fraction of sp³-hybridized carbons (Fsp3) is 0.400. The topological polar surface area (TPSA) is 70.9 Å². The predicted octanol–water partition coefficient (Wildman–Crippen LogP) is -0.797. The molecule has 0 radical (unpaired) electrons. The van der Waals surface area contributed by atoms with E-state index in [0.29, 0.717) is 23.7 Å². The van der Waals surface area contributed by atoms with E-state index in [1.54, 1.807) is 23.1 Å². The van der Waals surface area contributed by atoms with Gasteiger partial charge in [-0.3, -0.25) is 19.3 Å². The number of rotatable bonds is 7. The number of fused-ring (bicyclic) bond motifs is 1. The van der Waals surface area contributed by atoms with Gasteiger partial charge in [0.15, 0.2) is 0 Å². The molecule has 2 heterocycles. The van der Waals surface area contributed by atoms with Crippen molar-refractivity contribution in [1.82, 2.24) is 10.2 Å². The number of halogens is 2. The number of benzene rings is 2. The minimum absolute atomic E-state index is 0. The van der Waals surface area contributed by atoms with Crippen LogP contribution in [0.15, 0.2) is 42.5 Å². The monoisotopic (exact) mass is 473 g/mol. The smallest absolute Gasteiger partial charge is 0.261 e. The second-order valence-corrected chi connectivity index (χ2v) is 8.75. The molecule has 8 heteroatoms. The quantitative estimate of drug-likeness (QED) is 0.409. The van der Waals surface area contributed by atoms with E-state index in [-0.39, 0.29) is 41.8 Å². The number of nitrogens with zero attached hydrogens (tertiary/aromatic N) is 1. The van der Waals surface area contributed by atoms with Gasteiger partial charge in [0.25, 0.3) is 17.7 Å². The van der Waals surface area contributed by atoms with Crippen LogP contribution in [-0.4, -0.2) is 48.3 Å². The van der Waals surface area contributed by atoms with E-state index >= 15 is 0 Å². The zero-order valence-electron chi connectivity index (χ0n) is 18.7. The normalized spacial score (nSPS) is 19.8. The van der Waals surface area contributed by atoms with Gasteiger partial charge in [-0.2, -0.15) is 0 Å². The number of hydrogen-bond acceptors (Lipinski definition) is 3. The summed E-state index contributed by atoms with van der Waals surface area (Å²) in [6, 6.07) is 11.0. The summed E-state index contributed by atoms with van der Waals surface area (Å²) in [6.07, 6.45) is 4.75. The summed E-state index contributed by atoms with van der Waals surface area (Å²) in [5.41, 5.74) is 1.55. The maximum Gasteiger partial charge on any atom is 0.261 e. The van der Waals surface area contributed by atoms with Gasteiger partial charge in [0.2, 0.25) is 0 Å². The molecule has 2 aliphatic rings. The first kappa shape index (κ1) is 24.9. The fourth-order valence-electron chi connectivity index (χ4n) is 4.59. The molecule has 2 unspecified atom stereocenters. The van der Waals surface area contributed by atoms with Crippen molar-refractivity contribution in [3.05, 3.63) is 70.5 Å². The second kappa shape index (κ2) is 10.9. The van der Waals surface area contributed by atoms with Crippen LogP contribution in [-0.2, 0) is 6.54 Å². The van der Waals surface area contributed by atoms with Gasteiger partial charge in [0.05, 0.1) is 36.8 Å². The van der Waals surface area contributed by atoms with Gasteiger partial charge in [-0.05, 0) is 62.1 Å². The van der Waals surface area contributed by atoms with E-state index in [1.165, 1.54) is 50.1 Å². The lowest BCUT2D eigenvalue weighted by atomic mass is 10.0. The van der Waals surface area contributed by atoms with Crippen LogP contribution in [0.5, 0.6) is 0 Å². The summed E-state index contributed by atoms with van der Waals surface area (Å²) < 4.78 is 13.1. The predicted molar refractivity (Wildman–Crippen MR) is 118 cm³/mol. The van der Waals surface area contributed by atoms with Gasteiger partial charge in [-0.15, -0.1) is 0 Å². The Morgan fingerprint density at radius 2 is 1.82 bits per heavy atom. The van der Waals surface area contributed by atoms with Crippen LogP contribution in [0, 0.1) is 5.82 Å². The van der Waals surface area contributed by atoms with Crippen LogP contribution in [0.1, 0.15) is 69.2 Å². The van der Waals surface area contributed by atoms with Crippen molar-refractivity contribution in [1.29, 1.82) is 0 Å². The number of hydrogen-bond donors (Lipinski definition) is 2. The van der Waals surface area contributed by atoms with Gasteiger partial charge in [0.1, 0.15) is 5.82 Å². The molecule has 176 valence electrons. The van der Waals surface area contributed by atoms with E-state index in [1.807, 2.05) is 0 Å². The Bertz CT molecular complexity index is 1030. The molecule has 0 aromatic heterocycles. The highest BCUT2D eigenvalue weighted by Gasteiger charge is 2.36. The molecule has 33 heavy (non-hydrogen) atoms. The second-order valence-electron chi connectivity index (χ2n) is 8.75. The molecule has 2 atom stereocenters.